The number of aryl methyl sites for hydroxylation is 2. The van der Waals surface area contributed by atoms with Gasteiger partial charge in [-0.3, -0.25) is 0 Å². The lowest BCUT2D eigenvalue weighted by Crippen LogP contribution is -2.07. The number of sulfone groups is 1. The minimum atomic E-state index is -3.18. The Labute approximate surface area is 130 Å². The van der Waals surface area contributed by atoms with Crippen LogP contribution in [0, 0.1) is 6.92 Å². The van der Waals surface area contributed by atoms with E-state index in [4.69, 9.17) is 0 Å². The second kappa shape index (κ2) is 6.20. The van der Waals surface area contributed by atoms with E-state index in [1.165, 1.54) is 16.0 Å². The number of nitrogens with one attached hydrogen (secondary N) is 1. The third kappa shape index (κ3) is 3.86. The van der Waals surface area contributed by atoms with Crippen LogP contribution in [0.3, 0.4) is 0 Å². The summed E-state index contributed by atoms with van der Waals surface area (Å²) in [7, 11) is -3.18. The van der Waals surface area contributed by atoms with Crippen molar-refractivity contribution in [2.45, 2.75) is 38.1 Å². The molecule has 1 aromatic carbocycles. The lowest BCUT2D eigenvalue weighted by atomic mass is 10.1. The Hall–Kier alpha value is -1.33. The molecule has 1 atom stereocenters. The highest BCUT2D eigenvalue weighted by Gasteiger charge is 2.13. The van der Waals surface area contributed by atoms with Crippen LogP contribution >= 0.6 is 11.3 Å². The van der Waals surface area contributed by atoms with E-state index in [1.54, 1.807) is 23.5 Å². The number of benzene rings is 1. The first-order valence-electron chi connectivity index (χ1n) is 6.97. The first kappa shape index (κ1) is 16.0. The SMILES string of the molecule is CCc1ccc(C(C)Nc2cc(S(C)(=O)=O)ccc2C)s1. The second-order valence-corrected chi connectivity index (χ2v) is 8.49. The Bertz CT molecular complexity index is 732. The van der Waals surface area contributed by atoms with Crippen LogP contribution in [-0.4, -0.2) is 14.7 Å². The fraction of sp³-hybridized carbons (Fsp3) is 0.375. The van der Waals surface area contributed by atoms with E-state index in [1.807, 2.05) is 13.0 Å². The first-order chi connectivity index (χ1) is 9.81. The molecule has 0 fully saturated rings. The maximum absolute atomic E-state index is 11.7. The maximum Gasteiger partial charge on any atom is 0.175 e. The van der Waals surface area contributed by atoms with Gasteiger partial charge in [0.1, 0.15) is 0 Å². The van der Waals surface area contributed by atoms with Crippen LogP contribution in [0.15, 0.2) is 35.2 Å². The third-order valence-corrected chi connectivity index (χ3v) is 5.99. The summed E-state index contributed by atoms with van der Waals surface area (Å²) in [5, 5.41) is 3.42. The van der Waals surface area contributed by atoms with Crippen LogP contribution in [0.25, 0.3) is 0 Å². The lowest BCUT2D eigenvalue weighted by Gasteiger charge is -2.16. The average molecular weight is 323 g/mol. The predicted molar refractivity (Wildman–Crippen MR) is 90.0 cm³/mol. The molecule has 114 valence electrons. The van der Waals surface area contributed by atoms with Crippen molar-refractivity contribution in [1.82, 2.24) is 0 Å². The Morgan fingerprint density at radius 1 is 1.24 bits per heavy atom. The maximum atomic E-state index is 11.7. The molecule has 1 unspecified atom stereocenters. The lowest BCUT2D eigenvalue weighted by molar-refractivity contribution is 0.602. The van der Waals surface area contributed by atoms with Crippen LogP contribution < -0.4 is 5.32 Å². The first-order valence-corrected chi connectivity index (χ1v) is 9.68. The molecule has 2 aromatic rings. The van der Waals surface area contributed by atoms with Gasteiger partial charge in [0.15, 0.2) is 9.84 Å². The second-order valence-electron chi connectivity index (χ2n) is 5.27. The minimum Gasteiger partial charge on any atom is -0.377 e. The topological polar surface area (TPSA) is 46.2 Å². The van der Waals surface area contributed by atoms with Crippen LogP contribution in [-0.2, 0) is 16.3 Å². The monoisotopic (exact) mass is 323 g/mol. The van der Waals surface area contributed by atoms with Crippen molar-refractivity contribution in [3.63, 3.8) is 0 Å². The van der Waals surface area contributed by atoms with E-state index in [9.17, 15) is 8.42 Å². The quantitative estimate of drug-likeness (QED) is 0.897. The molecule has 0 bridgehead atoms. The van der Waals surface area contributed by atoms with E-state index >= 15 is 0 Å². The fourth-order valence-corrected chi connectivity index (χ4v) is 3.71. The van der Waals surface area contributed by atoms with Crippen LogP contribution in [0.5, 0.6) is 0 Å². The van der Waals surface area contributed by atoms with Crippen molar-refractivity contribution in [1.29, 1.82) is 0 Å². The van der Waals surface area contributed by atoms with Crippen molar-refractivity contribution >= 4 is 26.9 Å². The van der Waals surface area contributed by atoms with Gasteiger partial charge in [-0.25, -0.2) is 8.42 Å². The molecule has 2 rings (SSSR count). The molecule has 1 N–H and O–H groups in total. The Morgan fingerprint density at radius 3 is 2.52 bits per heavy atom. The largest absolute Gasteiger partial charge is 0.377 e. The zero-order valence-corrected chi connectivity index (χ0v) is 14.4. The molecular formula is C16H21NO2S2. The van der Waals surface area contributed by atoms with Crippen molar-refractivity contribution in [3.05, 3.63) is 45.6 Å². The molecule has 0 spiro atoms. The van der Waals surface area contributed by atoms with Gasteiger partial charge in [0.25, 0.3) is 0 Å². The molecule has 1 aromatic heterocycles. The molecule has 0 aliphatic carbocycles. The number of hydrogen-bond donors (Lipinski definition) is 1. The third-order valence-electron chi connectivity index (χ3n) is 3.47. The van der Waals surface area contributed by atoms with E-state index in [-0.39, 0.29) is 6.04 Å². The molecule has 0 amide bonds. The Balaban J connectivity index is 2.26. The molecule has 0 saturated carbocycles. The summed E-state index contributed by atoms with van der Waals surface area (Å²) in [5.41, 5.74) is 1.92. The molecule has 0 aliphatic heterocycles. The highest BCUT2D eigenvalue weighted by molar-refractivity contribution is 7.90. The van der Waals surface area contributed by atoms with E-state index < -0.39 is 9.84 Å². The van der Waals surface area contributed by atoms with Gasteiger partial charge >= 0.3 is 0 Å². The average Bonchev–Trinajstić information content (AvgIpc) is 2.88. The van der Waals surface area contributed by atoms with E-state index in [2.05, 4.69) is 31.3 Å². The summed E-state index contributed by atoms with van der Waals surface area (Å²) in [5.74, 6) is 0. The van der Waals surface area contributed by atoms with Crippen LogP contribution in [0.1, 0.15) is 35.2 Å². The predicted octanol–water partition coefficient (Wildman–Crippen LogP) is 4.20. The van der Waals surface area contributed by atoms with Gasteiger partial charge < -0.3 is 5.32 Å². The van der Waals surface area contributed by atoms with Crippen molar-refractivity contribution in [3.8, 4) is 0 Å². The molecule has 0 saturated heterocycles. The fourth-order valence-electron chi connectivity index (χ4n) is 2.11. The zero-order chi connectivity index (χ0) is 15.6. The molecule has 0 radical (unpaired) electrons. The molecule has 21 heavy (non-hydrogen) atoms. The van der Waals surface area contributed by atoms with Gasteiger partial charge in [-0.15, -0.1) is 11.3 Å². The Morgan fingerprint density at radius 2 is 1.95 bits per heavy atom. The summed E-state index contributed by atoms with van der Waals surface area (Å²) in [6.07, 6.45) is 2.28. The smallest absolute Gasteiger partial charge is 0.175 e. The van der Waals surface area contributed by atoms with Gasteiger partial charge in [-0.1, -0.05) is 13.0 Å². The van der Waals surface area contributed by atoms with Crippen molar-refractivity contribution < 1.29 is 8.42 Å². The number of hydrogen-bond acceptors (Lipinski definition) is 4. The molecule has 5 heteroatoms. The molecule has 3 nitrogen and oxygen atoms in total. The Kier molecular flexibility index (Phi) is 4.74. The summed E-state index contributed by atoms with van der Waals surface area (Å²) < 4.78 is 23.3. The molecule has 0 aliphatic rings. The van der Waals surface area contributed by atoms with Gasteiger partial charge in [0.2, 0.25) is 0 Å². The van der Waals surface area contributed by atoms with Gasteiger partial charge in [-0.2, -0.15) is 0 Å². The normalized spacial score (nSPS) is 13.1. The zero-order valence-electron chi connectivity index (χ0n) is 12.8. The highest BCUT2D eigenvalue weighted by atomic mass is 32.2. The highest BCUT2D eigenvalue weighted by Crippen LogP contribution is 2.29. The summed E-state index contributed by atoms with van der Waals surface area (Å²) in [6.45, 7) is 6.22. The number of rotatable bonds is 5. The number of anilines is 1. The standard InChI is InChI=1S/C16H21NO2S2/c1-5-13-7-9-16(20-13)12(3)17-15-10-14(21(4,18)19)8-6-11(15)2/h6-10,12,17H,5H2,1-4H3. The van der Waals surface area contributed by atoms with Gasteiger partial charge in [0.05, 0.1) is 10.9 Å². The van der Waals surface area contributed by atoms with E-state index in [0.717, 1.165) is 17.7 Å². The molecular weight excluding hydrogens is 302 g/mol. The van der Waals surface area contributed by atoms with Gasteiger partial charge in [0, 0.05) is 21.7 Å². The van der Waals surface area contributed by atoms with Crippen molar-refractivity contribution in [2.24, 2.45) is 0 Å². The van der Waals surface area contributed by atoms with Gasteiger partial charge in [-0.05, 0) is 50.1 Å². The minimum absolute atomic E-state index is 0.156. The molecule has 1 heterocycles. The van der Waals surface area contributed by atoms with Crippen LogP contribution in [0.2, 0.25) is 0 Å². The summed E-state index contributed by atoms with van der Waals surface area (Å²) >= 11 is 1.80. The summed E-state index contributed by atoms with van der Waals surface area (Å²) in [4.78, 5) is 2.97. The van der Waals surface area contributed by atoms with E-state index in [0.29, 0.717) is 4.90 Å². The van der Waals surface area contributed by atoms with Crippen molar-refractivity contribution in [2.75, 3.05) is 11.6 Å². The number of thiophene rings is 1. The van der Waals surface area contributed by atoms with Crippen LogP contribution in [0.4, 0.5) is 5.69 Å². The summed E-state index contributed by atoms with van der Waals surface area (Å²) in [6, 6.07) is 9.66.